The Labute approximate surface area is 100 Å². The van der Waals surface area contributed by atoms with Gasteiger partial charge in [0.25, 0.3) is 0 Å². The van der Waals surface area contributed by atoms with Gasteiger partial charge in [0.2, 0.25) is 0 Å². The number of aromatic nitrogens is 1. The van der Waals surface area contributed by atoms with Crippen molar-refractivity contribution in [2.45, 2.75) is 19.0 Å². The standard InChI is InChI=1S/C12H17N3O2/c1-9-8-14-6-7-15(9)11(12(16)17)10-2-4-13-5-3-10/h2-5,9,11,14H,6-8H2,1H3,(H,16,17). The molecule has 2 N–H and O–H groups in total. The van der Waals surface area contributed by atoms with Crippen LogP contribution in [0.25, 0.3) is 0 Å². The maximum Gasteiger partial charge on any atom is 0.325 e. The Hall–Kier alpha value is -1.46. The van der Waals surface area contributed by atoms with E-state index in [4.69, 9.17) is 0 Å². The van der Waals surface area contributed by atoms with E-state index in [0.29, 0.717) is 0 Å². The van der Waals surface area contributed by atoms with Crippen molar-refractivity contribution in [3.63, 3.8) is 0 Å². The Morgan fingerprint density at radius 1 is 1.59 bits per heavy atom. The lowest BCUT2D eigenvalue weighted by Gasteiger charge is -2.38. The van der Waals surface area contributed by atoms with E-state index >= 15 is 0 Å². The first-order valence-electron chi connectivity index (χ1n) is 5.79. The molecule has 2 atom stereocenters. The van der Waals surface area contributed by atoms with E-state index in [9.17, 15) is 9.90 Å². The van der Waals surface area contributed by atoms with Crippen molar-refractivity contribution in [2.24, 2.45) is 0 Å². The average Bonchev–Trinajstić information content (AvgIpc) is 2.33. The van der Waals surface area contributed by atoms with Crippen LogP contribution in [-0.2, 0) is 4.79 Å². The monoisotopic (exact) mass is 235 g/mol. The molecule has 17 heavy (non-hydrogen) atoms. The first-order chi connectivity index (χ1) is 8.20. The Kier molecular flexibility index (Phi) is 3.71. The third-order valence-electron chi connectivity index (χ3n) is 3.14. The van der Waals surface area contributed by atoms with Crippen LogP contribution in [-0.4, -0.2) is 46.6 Å². The van der Waals surface area contributed by atoms with E-state index in [1.807, 2.05) is 11.8 Å². The number of hydrogen-bond donors (Lipinski definition) is 2. The molecule has 0 spiro atoms. The van der Waals surface area contributed by atoms with Crippen LogP contribution >= 0.6 is 0 Å². The summed E-state index contributed by atoms with van der Waals surface area (Å²) in [6.45, 7) is 4.46. The van der Waals surface area contributed by atoms with Gasteiger partial charge >= 0.3 is 5.97 Å². The molecule has 1 aromatic heterocycles. The predicted octanol–water partition coefficient (Wildman–Crippen LogP) is 0.501. The summed E-state index contributed by atoms with van der Waals surface area (Å²) in [4.78, 5) is 17.4. The fourth-order valence-corrected chi connectivity index (χ4v) is 2.26. The van der Waals surface area contributed by atoms with Crippen LogP contribution in [0.15, 0.2) is 24.5 Å². The minimum absolute atomic E-state index is 0.220. The van der Waals surface area contributed by atoms with Gasteiger partial charge in [0.15, 0.2) is 0 Å². The zero-order valence-electron chi connectivity index (χ0n) is 9.84. The second-order valence-corrected chi connectivity index (χ2v) is 4.31. The lowest BCUT2D eigenvalue weighted by Crippen LogP contribution is -2.52. The molecule has 0 saturated carbocycles. The molecule has 0 bridgehead atoms. The van der Waals surface area contributed by atoms with E-state index in [1.54, 1.807) is 24.5 Å². The van der Waals surface area contributed by atoms with Crippen molar-refractivity contribution in [2.75, 3.05) is 19.6 Å². The van der Waals surface area contributed by atoms with Gasteiger partial charge in [-0.25, -0.2) is 0 Å². The second-order valence-electron chi connectivity index (χ2n) is 4.31. The van der Waals surface area contributed by atoms with E-state index in [2.05, 4.69) is 10.3 Å². The summed E-state index contributed by atoms with van der Waals surface area (Å²) in [6, 6.07) is 3.19. The van der Waals surface area contributed by atoms with Crippen molar-refractivity contribution < 1.29 is 9.90 Å². The third kappa shape index (κ3) is 2.62. The number of piperazine rings is 1. The fourth-order valence-electron chi connectivity index (χ4n) is 2.26. The topological polar surface area (TPSA) is 65.5 Å². The van der Waals surface area contributed by atoms with Crippen molar-refractivity contribution >= 4 is 5.97 Å². The molecule has 1 saturated heterocycles. The van der Waals surface area contributed by atoms with Crippen LogP contribution in [0.3, 0.4) is 0 Å². The quantitative estimate of drug-likeness (QED) is 0.798. The first kappa shape index (κ1) is 12.0. The zero-order chi connectivity index (χ0) is 12.3. The van der Waals surface area contributed by atoms with E-state index in [-0.39, 0.29) is 6.04 Å². The molecule has 1 aliphatic heterocycles. The van der Waals surface area contributed by atoms with Crippen LogP contribution in [0, 0.1) is 0 Å². The van der Waals surface area contributed by atoms with Crippen molar-refractivity contribution in [3.05, 3.63) is 30.1 Å². The molecule has 5 nitrogen and oxygen atoms in total. The maximum atomic E-state index is 11.5. The Morgan fingerprint density at radius 2 is 2.29 bits per heavy atom. The molecule has 5 heteroatoms. The number of hydrogen-bond acceptors (Lipinski definition) is 4. The molecule has 2 unspecified atom stereocenters. The van der Waals surface area contributed by atoms with Crippen LogP contribution < -0.4 is 5.32 Å². The minimum Gasteiger partial charge on any atom is -0.480 e. The normalized spacial score (nSPS) is 23.2. The Bertz CT molecular complexity index is 383. The predicted molar refractivity (Wildman–Crippen MR) is 63.7 cm³/mol. The molecule has 92 valence electrons. The minimum atomic E-state index is -0.801. The smallest absolute Gasteiger partial charge is 0.325 e. The summed E-state index contributed by atoms with van der Waals surface area (Å²) in [6.07, 6.45) is 3.27. The van der Waals surface area contributed by atoms with Gasteiger partial charge < -0.3 is 10.4 Å². The van der Waals surface area contributed by atoms with Gasteiger partial charge in [0, 0.05) is 38.1 Å². The highest BCUT2D eigenvalue weighted by Gasteiger charge is 2.32. The van der Waals surface area contributed by atoms with Gasteiger partial charge in [-0.1, -0.05) is 0 Å². The molecule has 0 aliphatic carbocycles. The van der Waals surface area contributed by atoms with Gasteiger partial charge in [0.05, 0.1) is 0 Å². The number of pyridine rings is 1. The summed E-state index contributed by atoms with van der Waals surface area (Å²) >= 11 is 0. The van der Waals surface area contributed by atoms with Gasteiger partial charge in [-0.15, -0.1) is 0 Å². The van der Waals surface area contributed by atoms with E-state index in [1.165, 1.54) is 0 Å². The summed E-state index contributed by atoms with van der Waals surface area (Å²) < 4.78 is 0. The van der Waals surface area contributed by atoms with Crippen molar-refractivity contribution in [1.82, 2.24) is 15.2 Å². The Balaban J connectivity index is 2.26. The highest BCUT2D eigenvalue weighted by molar-refractivity contribution is 5.75. The molecule has 1 fully saturated rings. The van der Waals surface area contributed by atoms with E-state index < -0.39 is 12.0 Å². The SMILES string of the molecule is CC1CNCCN1C(C(=O)O)c1ccncc1. The number of aliphatic carboxylic acids is 1. The average molecular weight is 235 g/mol. The van der Waals surface area contributed by atoms with Crippen LogP contribution in [0.4, 0.5) is 0 Å². The van der Waals surface area contributed by atoms with Crippen LogP contribution in [0.1, 0.15) is 18.5 Å². The molecule has 1 aromatic rings. The number of carboxylic acid groups (broad SMARTS) is 1. The summed E-state index contributed by atoms with van der Waals surface area (Å²) in [7, 11) is 0. The maximum absolute atomic E-state index is 11.5. The largest absolute Gasteiger partial charge is 0.480 e. The van der Waals surface area contributed by atoms with Gasteiger partial charge in [-0.05, 0) is 24.6 Å². The molecular formula is C12H17N3O2. The highest BCUT2D eigenvalue weighted by Crippen LogP contribution is 2.23. The number of nitrogens with one attached hydrogen (secondary N) is 1. The fraction of sp³-hybridized carbons (Fsp3) is 0.500. The molecule has 0 amide bonds. The van der Waals surface area contributed by atoms with Crippen LogP contribution in [0.5, 0.6) is 0 Å². The lowest BCUT2D eigenvalue weighted by molar-refractivity contribution is -0.145. The number of carboxylic acids is 1. The molecule has 2 heterocycles. The van der Waals surface area contributed by atoms with Crippen LogP contribution in [0.2, 0.25) is 0 Å². The molecule has 2 rings (SSSR count). The number of rotatable bonds is 3. The van der Waals surface area contributed by atoms with Gasteiger partial charge in [0.1, 0.15) is 6.04 Å². The number of nitrogens with zero attached hydrogens (tertiary/aromatic N) is 2. The number of carbonyl (C=O) groups is 1. The summed E-state index contributed by atoms with van der Waals surface area (Å²) in [5.41, 5.74) is 0.793. The highest BCUT2D eigenvalue weighted by atomic mass is 16.4. The lowest BCUT2D eigenvalue weighted by atomic mass is 10.0. The molecule has 0 aromatic carbocycles. The second kappa shape index (κ2) is 5.25. The first-order valence-corrected chi connectivity index (χ1v) is 5.79. The van der Waals surface area contributed by atoms with Crippen molar-refractivity contribution in [3.8, 4) is 0 Å². The van der Waals surface area contributed by atoms with Gasteiger partial charge in [-0.2, -0.15) is 0 Å². The molecule has 0 radical (unpaired) electrons. The van der Waals surface area contributed by atoms with Crippen molar-refractivity contribution in [1.29, 1.82) is 0 Å². The van der Waals surface area contributed by atoms with Gasteiger partial charge in [-0.3, -0.25) is 14.7 Å². The Morgan fingerprint density at radius 3 is 2.88 bits per heavy atom. The zero-order valence-corrected chi connectivity index (χ0v) is 9.84. The summed E-state index contributed by atoms with van der Waals surface area (Å²) in [5, 5.41) is 12.7. The molecular weight excluding hydrogens is 218 g/mol. The third-order valence-corrected chi connectivity index (χ3v) is 3.14. The summed E-state index contributed by atoms with van der Waals surface area (Å²) in [5.74, 6) is -0.801. The van der Waals surface area contributed by atoms with E-state index in [0.717, 1.165) is 25.2 Å². The molecule has 1 aliphatic rings.